The molecule has 0 saturated heterocycles. The maximum absolute atomic E-state index is 13.8. The van der Waals surface area contributed by atoms with Gasteiger partial charge in [-0.1, -0.05) is 6.07 Å². The van der Waals surface area contributed by atoms with E-state index in [-0.39, 0.29) is 24.5 Å². The lowest BCUT2D eigenvalue weighted by atomic mass is 9.89. The molecule has 33 heavy (non-hydrogen) atoms. The second-order valence-electron chi connectivity index (χ2n) is 8.73. The van der Waals surface area contributed by atoms with Crippen LogP contribution in [0.25, 0.3) is 16.5 Å². The zero-order valence-electron chi connectivity index (χ0n) is 18.5. The minimum absolute atomic E-state index is 0.00159. The number of benzene rings is 1. The Balaban J connectivity index is 1.50. The molecular weight excluding hydrogens is 431 g/mol. The van der Waals surface area contributed by atoms with Crippen molar-refractivity contribution in [2.45, 2.75) is 31.5 Å². The average Bonchev–Trinajstić information content (AvgIpc) is 3.47. The van der Waals surface area contributed by atoms with Crippen LogP contribution in [0.5, 0.6) is 0 Å². The Morgan fingerprint density at radius 3 is 2.61 bits per heavy atom. The molecule has 0 unspecified atom stereocenters. The number of allylic oxidation sites excluding steroid dienone is 1. The molecule has 1 amide bonds. The van der Waals surface area contributed by atoms with Crippen molar-refractivity contribution in [3.63, 3.8) is 0 Å². The number of fused-ring (bicyclic) bond motifs is 1. The zero-order valence-corrected chi connectivity index (χ0v) is 18.5. The molecule has 1 saturated carbocycles. The van der Waals surface area contributed by atoms with Crippen molar-refractivity contribution in [1.29, 1.82) is 0 Å². The van der Waals surface area contributed by atoms with Gasteiger partial charge in [0.05, 0.1) is 17.1 Å². The van der Waals surface area contributed by atoms with Crippen LogP contribution >= 0.6 is 0 Å². The Morgan fingerprint density at radius 1 is 1.24 bits per heavy atom. The number of aromatic nitrogens is 3. The van der Waals surface area contributed by atoms with Gasteiger partial charge in [-0.2, -0.15) is 18.3 Å². The molecule has 2 N–H and O–H groups in total. The number of likely N-dealkylation sites (N-methyl/N-ethyl adjacent to an activating group) is 1. The molecule has 1 aromatic carbocycles. The van der Waals surface area contributed by atoms with Gasteiger partial charge in [-0.3, -0.25) is 14.9 Å². The third kappa shape index (κ3) is 4.93. The van der Waals surface area contributed by atoms with Crippen LogP contribution in [0.4, 0.5) is 13.2 Å². The fourth-order valence-corrected chi connectivity index (χ4v) is 4.09. The van der Waals surface area contributed by atoms with E-state index in [1.165, 1.54) is 24.5 Å². The first-order valence-corrected chi connectivity index (χ1v) is 10.8. The summed E-state index contributed by atoms with van der Waals surface area (Å²) in [4.78, 5) is 18.6. The molecule has 9 heteroatoms. The third-order valence-corrected chi connectivity index (χ3v) is 6.29. The highest BCUT2D eigenvalue weighted by Crippen LogP contribution is 2.64. The number of nitrogens with one attached hydrogen (secondary N) is 2. The van der Waals surface area contributed by atoms with Crippen LogP contribution < -0.4 is 5.32 Å². The smallest absolute Gasteiger partial charge is 0.351 e. The Hall–Kier alpha value is -3.20. The second kappa shape index (κ2) is 8.97. The molecule has 0 spiro atoms. The molecule has 4 rings (SSSR count). The fraction of sp³-hybridized carbons (Fsp3) is 0.375. The lowest BCUT2D eigenvalue weighted by Gasteiger charge is -2.25. The standard InChI is InChI=1S/C24H26F3N5O/c1-32(2)19(12-16-3-4-21-18(11-16)14-30-31-21)15-29-22(33)13-20(17-5-9-28-10-6-17)23(7-8-23)24(25,26)27/h3-6,9-11,13-14,19H,7-8,12,15H2,1-2H3,(H,29,33)(H,30,31)/b20-13+/t19-/m0/s1. The number of H-pyrrole nitrogens is 1. The highest BCUT2D eigenvalue weighted by molar-refractivity contribution is 5.97. The van der Waals surface area contributed by atoms with Gasteiger partial charge in [0.15, 0.2) is 0 Å². The van der Waals surface area contributed by atoms with Crippen LogP contribution in [-0.2, 0) is 11.2 Å². The first-order chi connectivity index (χ1) is 15.7. The molecular formula is C24H26F3N5O. The lowest BCUT2D eigenvalue weighted by molar-refractivity contribution is -0.168. The van der Waals surface area contributed by atoms with Crippen LogP contribution in [0.1, 0.15) is 24.0 Å². The van der Waals surface area contributed by atoms with Gasteiger partial charge >= 0.3 is 6.18 Å². The van der Waals surface area contributed by atoms with E-state index in [9.17, 15) is 18.0 Å². The van der Waals surface area contributed by atoms with E-state index < -0.39 is 17.5 Å². The van der Waals surface area contributed by atoms with Crippen LogP contribution in [-0.4, -0.2) is 58.8 Å². The van der Waals surface area contributed by atoms with Gasteiger partial charge in [0, 0.05) is 36.4 Å². The Labute approximate surface area is 189 Å². The number of carbonyl (C=O) groups is 1. The van der Waals surface area contributed by atoms with Gasteiger partial charge in [-0.15, -0.1) is 0 Å². The van der Waals surface area contributed by atoms with Gasteiger partial charge in [-0.05, 0) is 74.3 Å². The summed E-state index contributed by atoms with van der Waals surface area (Å²) in [5, 5.41) is 10.8. The van der Waals surface area contributed by atoms with Gasteiger partial charge in [0.25, 0.3) is 0 Å². The minimum atomic E-state index is -4.42. The van der Waals surface area contributed by atoms with E-state index in [0.717, 1.165) is 22.5 Å². The molecule has 0 bridgehead atoms. The van der Waals surface area contributed by atoms with E-state index in [4.69, 9.17) is 0 Å². The first kappa shape index (κ1) is 23.0. The Kier molecular flexibility index (Phi) is 6.25. The summed E-state index contributed by atoms with van der Waals surface area (Å²) >= 11 is 0. The van der Waals surface area contributed by atoms with E-state index >= 15 is 0 Å². The normalized spacial score (nSPS) is 16.7. The second-order valence-corrected chi connectivity index (χ2v) is 8.73. The maximum Gasteiger partial charge on any atom is 0.398 e. The fourth-order valence-electron chi connectivity index (χ4n) is 4.09. The van der Waals surface area contributed by atoms with E-state index in [1.54, 1.807) is 6.20 Å². The van der Waals surface area contributed by atoms with Crippen molar-refractivity contribution in [2.75, 3.05) is 20.6 Å². The molecule has 3 aromatic rings. The van der Waals surface area contributed by atoms with Crippen LogP contribution in [0.3, 0.4) is 0 Å². The number of carbonyl (C=O) groups excluding carboxylic acids is 1. The number of alkyl halides is 3. The molecule has 1 aliphatic rings. The number of aromatic amines is 1. The maximum atomic E-state index is 13.8. The summed E-state index contributed by atoms with van der Waals surface area (Å²) in [6.45, 7) is 0.300. The van der Waals surface area contributed by atoms with E-state index in [0.29, 0.717) is 18.5 Å². The highest BCUT2D eigenvalue weighted by Gasteiger charge is 2.65. The Bertz CT molecular complexity index is 1150. The van der Waals surface area contributed by atoms with Gasteiger partial charge in [0.1, 0.15) is 0 Å². The molecule has 2 heterocycles. The van der Waals surface area contributed by atoms with Gasteiger partial charge < -0.3 is 10.2 Å². The summed E-state index contributed by atoms with van der Waals surface area (Å²) in [6.07, 6.45) is 1.95. The number of nitrogens with zero attached hydrogens (tertiary/aromatic N) is 3. The summed E-state index contributed by atoms with van der Waals surface area (Å²) in [5.41, 5.74) is 0.432. The number of pyridine rings is 1. The van der Waals surface area contributed by atoms with Crippen molar-refractivity contribution in [1.82, 2.24) is 25.4 Å². The molecule has 1 fully saturated rings. The van der Waals surface area contributed by atoms with Crippen molar-refractivity contribution < 1.29 is 18.0 Å². The number of hydrogen-bond acceptors (Lipinski definition) is 4. The predicted octanol–water partition coefficient (Wildman–Crippen LogP) is 3.97. The van der Waals surface area contributed by atoms with Crippen molar-refractivity contribution in [3.05, 3.63) is 66.1 Å². The molecule has 1 atom stereocenters. The van der Waals surface area contributed by atoms with E-state index in [2.05, 4.69) is 20.5 Å². The molecule has 2 aromatic heterocycles. The minimum Gasteiger partial charge on any atom is -0.351 e. The molecule has 0 radical (unpaired) electrons. The lowest BCUT2D eigenvalue weighted by Crippen LogP contribution is -2.41. The molecule has 0 aliphatic heterocycles. The van der Waals surface area contributed by atoms with Gasteiger partial charge in [0.2, 0.25) is 5.91 Å². The van der Waals surface area contributed by atoms with Crippen LogP contribution in [0.2, 0.25) is 0 Å². The number of amides is 1. The average molecular weight is 458 g/mol. The quantitative estimate of drug-likeness (QED) is 0.502. The predicted molar refractivity (Wildman–Crippen MR) is 120 cm³/mol. The third-order valence-electron chi connectivity index (χ3n) is 6.29. The number of halogens is 3. The summed E-state index contributed by atoms with van der Waals surface area (Å²) in [5.74, 6) is -0.533. The molecule has 1 aliphatic carbocycles. The van der Waals surface area contributed by atoms with Crippen LogP contribution in [0, 0.1) is 5.41 Å². The summed E-state index contributed by atoms with van der Waals surface area (Å²) in [7, 11) is 3.82. The van der Waals surface area contributed by atoms with E-state index in [1.807, 2.05) is 37.2 Å². The van der Waals surface area contributed by atoms with Crippen LogP contribution in [0.15, 0.2) is 55.0 Å². The SMILES string of the molecule is CN(C)[C@H](CNC(=O)/C=C(\c1ccncc1)C1(C(F)(F)F)CC1)Cc1ccc2[nH]ncc2c1. The topological polar surface area (TPSA) is 73.9 Å². The highest BCUT2D eigenvalue weighted by atomic mass is 19.4. The largest absolute Gasteiger partial charge is 0.398 e. The monoisotopic (exact) mass is 457 g/mol. The summed E-state index contributed by atoms with van der Waals surface area (Å²) < 4.78 is 41.5. The molecule has 174 valence electrons. The molecule has 6 nitrogen and oxygen atoms in total. The zero-order chi connectivity index (χ0) is 23.6. The van der Waals surface area contributed by atoms with Crippen molar-refractivity contribution >= 4 is 22.4 Å². The number of hydrogen-bond donors (Lipinski definition) is 2. The van der Waals surface area contributed by atoms with Crippen molar-refractivity contribution in [3.8, 4) is 0 Å². The summed E-state index contributed by atoms with van der Waals surface area (Å²) in [6, 6.07) is 8.99. The first-order valence-electron chi connectivity index (χ1n) is 10.8. The number of rotatable bonds is 8. The van der Waals surface area contributed by atoms with Crippen molar-refractivity contribution in [2.24, 2.45) is 5.41 Å². The van der Waals surface area contributed by atoms with Gasteiger partial charge in [-0.25, -0.2) is 0 Å². The Morgan fingerprint density at radius 2 is 1.97 bits per heavy atom.